The minimum atomic E-state index is -1.07. The molecular weight excluding hydrogens is 314 g/mol. The first-order valence-electron chi connectivity index (χ1n) is 7.52. The third kappa shape index (κ3) is 4.09. The summed E-state index contributed by atoms with van der Waals surface area (Å²) >= 11 is 0. The summed E-state index contributed by atoms with van der Waals surface area (Å²) in [7, 11) is 0. The number of carbonyl (C=O) groups excluding carboxylic acids is 1. The second-order valence-electron chi connectivity index (χ2n) is 6.04. The normalized spacial score (nSPS) is 11.0. The molecule has 2 N–H and O–H groups in total. The molecule has 1 heterocycles. The maximum atomic E-state index is 12.5. The predicted octanol–water partition coefficient (Wildman–Crippen LogP) is 2.19. The number of nitrogens with one attached hydrogen (secondary N) is 1. The number of nitrogens with zero attached hydrogens (tertiary/aromatic N) is 2. The number of H-pyrrole nitrogens is 1. The van der Waals surface area contributed by atoms with E-state index in [0.29, 0.717) is 23.0 Å². The van der Waals surface area contributed by atoms with E-state index in [4.69, 9.17) is 5.11 Å². The van der Waals surface area contributed by atoms with Crippen LogP contribution in [0.15, 0.2) is 24.4 Å². The maximum Gasteiger partial charge on any atom is 0.323 e. The molecule has 2 aromatic rings. The van der Waals surface area contributed by atoms with Crippen molar-refractivity contribution in [3.63, 3.8) is 0 Å². The van der Waals surface area contributed by atoms with Gasteiger partial charge in [0.2, 0.25) is 5.91 Å². The highest BCUT2D eigenvalue weighted by Gasteiger charge is 2.20. The van der Waals surface area contributed by atoms with Crippen molar-refractivity contribution in [3.8, 4) is 0 Å². The summed E-state index contributed by atoms with van der Waals surface area (Å²) in [5, 5.41) is 20.5. The number of hydrogen-bond donors (Lipinski definition) is 2. The Morgan fingerprint density at radius 2 is 2.08 bits per heavy atom. The van der Waals surface area contributed by atoms with Crippen molar-refractivity contribution in [1.29, 1.82) is 0 Å². The number of nitro benzene ring substituents is 1. The summed E-state index contributed by atoms with van der Waals surface area (Å²) in [4.78, 5) is 38.1. The van der Waals surface area contributed by atoms with Crippen LogP contribution in [0, 0.1) is 16.0 Å². The van der Waals surface area contributed by atoms with Gasteiger partial charge in [-0.1, -0.05) is 13.8 Å². The van der Waals surface area contributed by atoms with Gasteiger partial charge in [-0.05, 0) is 17.5 Å². The Bertz CT molecular complexity index is 781. The molecule has 8 heteroatoms. The van der Waals surface area contributed by atoms with Crippen molar-refractivity contribution in [2.24, 2.45) is 5.92 Å². The van der Waals surface area contributed by atoms with Crippen molar-refractivity contribution in [2.45, 2.75) is 20.3 Å². The lowest BCUT2D eigenvalue weighted by Gasteiger charge is -2.22. The fourth-order valence-corrected chi connectivity index (χ4v) is 2.56. The lowest BCUT2D eigenvalue weighted by molar-refractivity contribution is -0.384. The number of fused-ring (bicyclic) bond motifs is 1. The summed E-state index contributed by atoms with van der Waals surface area (Å²) in [6.45, 7) is 3.78. The SMILES string of the molecule is CC(C)CN(CC(=O)O)C(=O)Cc1c[nH]c2ccc([N+](=O)[O-])cc12. The zero-order valence-electron chi connectivity index (χ0n) is 13.5. The molecule has 0 bridgehead atoms. The summed E-state index contributed by atoms with van der Waals surface area (Å²) in [5.41, 5.74) is 1.25. The van der Waals surface area contributed by atoms with Crippen LogP contribution in [0.5, 0.6) is 0 Å². The highest BCUT2D eigenvalue weighted by molar-refractivity contribution is 5.91. The third-order valence-corrected chi connectivity index (χ3v) is 3.57. The molecule has 0 spiro atoms. The monoisotopic (exact) mass is 333 g/mol. The number of rotatable bonds is 7. The number of benzene rings is 1. The number of aliphatic carboxylic acids is 1. The first-order chi connectivity index (χ1) is 11.3. The number of carboxylic acids is 1. The van der Waals surface area contributed by atoms with Gasteiger partial charge in [-0.25, -0.2) is 0 Å². The minimum absolute atomic E-state index is 0.0127. The molecule has 0 aliphatic carbocycles. The topological polar surface area (TPSA) is 117 Å². The van der Waals surface area contributed by atoms with E-state index in [1.807, 2.05) is 13.8 Å². The number of carboxylic acid groups (broad SMARTS) is 1. The second kappa shape index (κ2) is 7.12. The van der Waals surface area contributed by atoms with Gasteiger partial charge in [-0.2, -0.15) is 0 Å². The van der Waals surface area contributed by atoms with Gasteiger partial charge in [-0.15, -0.1) is 0 Å². The lowest BCUT2D eigenvalue weighted by atomic mass is 10.1. The Morgan fingerprint density at radius 1 is 1.38 bits per heavy atom. The highest BCUT2D eigenvalue weighted by Crippen LogP contribution is 2.24. The van der Waals surface area contributed by atoms with E-state index in [-0.39, 0.29) is 30.5 Å². The van der Waals surface area contributed by atoms with Crippen LogP contribution in [-0.2, 0) is 16.0 Å². The number of non-ortho nitro benzene ring substituents is 1. The van der Waals surface area contributed by atoms with Gasteiger partial charge in [0.1, 0.15) is 6.54 Å². The maximum absolute atomic E-state index is 12.5. The average molecular weight is 333 g/mol. The van der Waals surface area contributed by atoms with Gasteiger partial charge in [-0.3, -0.25) is 19.7 Å². The molecular formula is C16H19N3O5. The quantitative estimate of drug-likeness (QED) is 0.595. The zero-order chi connectivity index (χ0) is 17.9. The first kappa shape index (κ1) is 17.5. The van der Waals surface area contributed by atoms with Crippen molar-refractivity contribution < 1.29 is 19.6 Å². The second-order valence-corrected chi connectivity index (χ2v) is 6.04. The molecule has 1 aromatic heterocycles. The highest BCUT2D eigenvalue weighted by atomic mass is 16.6. The molecule has 0 radical (unpaired) electrons. The van der Waals surface area contributed by atoms with Gasteiger partial charge >= 0.3 is 5.97 Å². The molecule has 1 amide bonds. The van der Waals surface area contributed by atoms with Crippen LogP contribution in [-0.4, -0.2) is 44.9 Å². The molecule has 0 fully saturated rings. The van der Waals surface area contributed by atoms with Crippen molar-refractivity contribution >= 4 is 28.5 Å². The van der Waals surface area contributed by atoms with Crippen molar-refractivity contribution in [2.75, 3.05) is 13.1 Å². The van der Waals surface area contributed by atoms with E-state index in [1.54, 1.807) is 12.3 Å². The fraction of sp³-hybridized carbons (Fsp3) is 0.375. The van der Waals surface area contributed by atoms with Gasteiger partial charge in [0, 0.05) is 35.8 Å². The number of hydrogen-bond acceptors (Lipinski definition) is 4. The smallest absolute Gasteiger partial charge is 0.323 e. The summed E-state index contributed by atoms with van der Waals surface area (Å²) in [6, 6.07) is 4.39. The zero-order valence-corrected chi connectivity index (χ0v) is 13.5. The van der Waals surface area contributed by atoms with Gasteiger partial charge in [0.15, 0.2) is 0 Å². The van der Waals surface area contributed by atoms with Crippen molar-refractivity contribution in [3.05, 3.63) is 40.1 Å². The summed E-state index contributed by atoms with van der Waals surface area (Å²) in [6.07, 6.45) is 1.61. The van der Waals surface area contributed by atoms with E-state index < -0.39 is 10.9 Å². The molecule has 128 valence electrons. The predicted molar refractivity (Wildman–Crippen MR) is 87.7 cm³/mol. The van der Waals surface area contributed by atoms with Crippen LogP contribution < -0.4 is 0 Å². The average Bonchev–Trinajstić information content (AvgIpc) is 2.87. The van der Waals surface area contributed by atoms with Gasteiger partial charge in [0.05, 0.1) is 11.3 Å². The van der Waals surface area contributed by atoms with E-state index in [9.17, 15) is 19.7 Å². The molecule has 2 rings (SSSR count). The van der Waals surface area contributed by atoms with Gasteiger partial charge < -0.3 is 15.0 Å². The van der Waals surface area contributed by atoms with Crippen LogP contribution in [0.4, 0.5) is 5.69 Å². The Morgan fingerprint density at radius 3 is 2.67 bits per heavy atom. The lowest BCUT2D eigenvalue weighted by Crippen LogP contribution is -2.39. The number of nitro groups is 1. The first-order valence-corrected chi connectivity index (χ1v) is 7.52. The third-order valence-electron chi connectivity index (χ3n) is 3.57. The van der Waals surface area contributed by atoms with Crippen LogP contribution in [0.25, 0.3) is 10.9 Å². The number of amides is 1. The van der Waals surface area contributed by atoms with Crippen molar-refractivity contribution in [1.82, 2.24) is 9.88 Å². The molecule has 0 saturated heterocycles. The molecule has 0 saturated carbocycles. The standard InChI is InChI=1S/C16H19N3O5/c1-10(2)8-18(9-16(21)22)15(20)5-11-7-17-14-4-3-12(19(23)24)6-13(11)14/h3-4,6-7,10,17H,5,8-9H2,1-2H3,(H,21,22). The van der Waals surface area contributed by atoms with E-state index in [2.05, 4.69) is 4.98 Å². The fourth-order valence-electron chi connectivity index (χ4n) is 2.56. The van der Waals surface area contributed by atoms with Gasteiger partial charge in [0.25, 0.3) is 5.69 Å². The van der Waals surface area contributed by atoms with Crippen LogP contribution in [0.1, 0.15) is 19.4 Å². The number of aromatic nitrogens is 1. The van der Waals surface area contributed by atoms with Crippen LogP contribution >= 0.6 is 0 Å². The Hall–Kier alpha value is -2.90. The summed E-state index contributed by atoms with van der Waals surface area (Å²) in [5.74, 6) is -1.26. The number of carbonyl (C=O) groups is 2. The number of aromatic amines is 1. The minimum Gasteiger partial charge on any atom is -0.480 e. The molecule has 0 unspecified atom stereocenters. The van der Waals surface area contributed by atoms with E-state index >= 15 is 0 Å². The summed E-state index contributed by atoms with van der Waals surface area (Å²) < 4.78 is 0. The Balaban J connectivity index is 2.26. The van der Waals surface area contributed by atoms with Crippen LogP contribution in [0.3, 0.4) is 0 Å². The molecule has 0 atom stereocenters. The van der Waals surface area contributed by atoms with E-state index in [0.717, 1.165) is 0 Å². The molecule has 0 aliphatic heterocycles. The molecule has 24 heavy (non-hydrogen) atoms. The molecule has 1 aromatic carbocycles. The van der Waals surface area contributed by atoms with Crippen LogP contribution in [0.2, 0.25) is 0 Å². The Labute approximate surface area is 138 Å². The Kier molecular flexibility index (Phi) is 5.18. The van der Waals surface area contributed by atoms with E-state index in [1.165, 1.54) is 17.0 Å². The molecule has 0 aliphatic rings. The molecule has 8 nitrogen and oxygen atoms in total. The largest absolute Gasteiger partial charge is 0.480 e.